The molecule has 0 radical (unpaired) electrons. The Bertz CT molecular complexity index is 995. The fourth-order valence-corrected chi connectivity index (χ4v) is 2.42. The highest BCUT2D eigenvalue weighted by Gasteiger charge is 2.16. The Balaban J connectivity index is 1.83. The van der Waals surface area contributed by atoms with E-state index in [9.17, 15) is 9.59 Å². The SMILES string of the molecule is CCOC(=O)c1cnc2nc(NCc3ccc(C)c(Cl)c3)[nH]n2c1=O. The minimum Gasteiger partial charge on any atom is -0.462 e. The van der Waals surface area contributed by atoms with Crippen molar-refractivity contribution in [3.05, 3.63) is 56.5 Å². The first-order valence-corrected chi connectivity index (χ1v) is 8.01. The van der Waals surface area contributed by atoms with Crippen LogP contribution < -0.4 is 10.9 Å². The van der Waals surface area contributed by atoms with Crippen LogP contribution in [0.15, 0.2) is 29.2 Å². The van der Waals surface area contributed by atoms with Crippen LogP contribution in [0.2, 0.25) is 5.02 Å². The number of carbonyl (C=O) groups excluding carboxylic acids is 1. The highest BCUT2D eigenvalue weighted by atomic mass is 35.5. The number of nitrogens with one attached hydrogen (secondary N) is 2. The number of benzene rings is 1. The molecule has 9 heteroatoms. The first-order valence-electron chi connectivity index (χ1n) is 7.63. The molecule has 0 spiro atoms. The Morgan fingerprint density at radius 2 is 2.24 bits per heavy atom. The number of aryl methyl sites for hydroxylation is 1. The summed E-state index contributed by atoms with van der Waals surface area (Å²) in [4.78, 5) is 32.2. The molecule has 0 atom stereocenters. The van der Waals surface area contributed by atoms with Crippen LogP contribution in [0.25, 0.3) is 5.78 Å². The van der Waals surface area contributed by atoms with Crippen molar-refractivity contribution in [1.82, 2.24) is 19.6 Å². The van der Waals surface area contributed by atoms with E-state index in [4.69, 9.17) is 16.3 Å². The molecule has 2 heterocycles. The molecule has 0 saturated carbocycles. The quantitative estimate of drug-likeness (QED) is 0.675. The summed E-state index contributed by atoms with van der Waals surface area (Å²) in [6, 6.07) is 5.73. The lowest BCUT2D eigenvalue weighted by molar-refractivity contribution is 0.0523. The number of esters is 1. The van der Waals surface area contributed by atoms with Crippen molar-refractivity contribution in [2.45, 2.75) is 20.4 Å². The zero-order chi connectivity index (χ0) is 18.0. The second-order valence-corrected chi connectivity index (χ2v) is 5.75. The first kappa shape index (κ1) is 17.0. The number of fused-ring (bicyclic) bond motifs is 1. The fraction of sp³-hybridized carbons (Fsp3) is 0.250. The molecule has 0 aliphatic heterocycles. The molecule has 3 aromatic rings. The van der Waals surface area contributed by atoms with Crippen molar-refractivity contribution < 1.29 is 9.53 Å². The van der Waals surface area contributed by atoms with Crippen LogP contribution in [-0.4, -0.2) is 32.2 Å². The second-order valence-electron chi connectivity index (χ2n) is 5.34. The molecule has 0 saturated heterocycles. The second kappa shape index (κ2) is 6.94. The van der Waals surface area contributed by atoms with Gasteiger partial charge in [0.2, 0.25) is 5.95 Å². The molecule has 0 aliphatic rings. The van der Waals surface area contributed by atoms with Gasteiger partial charge in [-0.25, -0.2) is 9.78 Å². The number of anilines is 1. The Labute approximate surface area is 147 Å². The minimum absolute atomic E-state index is 0.153. The number of rotatable bonds is 5. The average Bonchev–Trinajstić information content (AvgIpc) is 3.00. The summed E-state index contributed by atoms with van der Waals surface area (Å²) in [5, 5.41) is 6.51. The van der Waals surface area contributed by atoms with Gasteiger partial charge in [0.15, 0.2) is 0 Å². The van der Waals surface area contributed by atoms with Gasteiger partial charge in [-0.3, -0.25) is 9.89 Å². The molecule has 25 heavy (non-hydrogen) atoms. The van der Waals surface area contributed by atoms with Gasteiger partial charge in [0, 0.05) is 11.6 Å². The standard InChI is InChI=1S/C16H16ClN5O3/c1-3-25-14(24)11-8-19-16-20-15(21-22(16)13(11)23)18-7-10-5-4-9(2)12(17)6-10/h4-6,8H,3,7H2,1-2H3,(H2,18,19,20,21). The van der Waals surface area contributed by atoms with Gasteiger partial charge >= 0.3 is 5.97 Å². The lowest BCUT2D eigenvalue weighted by atomic mass is 10.1. The van der Waals surface area contributed by atoms with Gasteiger partial charge < -0.3 is 10.1 Å². The van der Waals surface area contributed by atoms with Gasteiger partial charge in [-0.05, 0) is 31.0 Å². The van der Waals surface area contributed by atoms with Gasteiger partial charge in [0.1, 0.15) is 5.56 Å². The molecule has 1 aromatic carbocycles. The molecule has 0 bridgehead atoms. The normalized spacial score (nSPS) is 10.8. The highest BCUT2D eigenvalue weighted by Crippen LogP contribution is 2.17. The number of hydrogen-bond acceptors (Lipinski definition) is 6. The molecule has 8 nitrogen and oxygen atoms in total. The molecular formula is C16H16ClN5O3. The maximum atomic E-state index is 12.3. The van der Waals surface area contributed by atoms with Gasteiger partial charge in [0.25, 0.3) is 11.3 Å². The Morgan fingerprint density at radius 1 is 1.44 bits per heavy atom. The number of halogens is 1. The van der Waals surface area contributed by atoms with Gasteiger partial charge in [0.05, 0.1) is 12.8 Å². The average molecular weight is 362 g/mol. The molecule has 2 N–H and O–H groups in total. The van der Waals surface area contributed by atoms with E-state index in [-0.39, 0.29) is 17.9 Å². The van der Waals surface area contributed by atoms with Crippen molar-refractivity contribution in [2.24, 2.45) is 0 Å². The number of H-pyrrole nitrogens is 1. The molecule has 130 valence electrons. The molecule has 0 amide bonds. The van der Waals surface area contributed by atoms with E-state index >= 15 is 0 Å². The van der Waals surface area contributed by atoms with Crippen LogP contribution >= 0.6 is 11.6 Å². The van der Waals surface area contributed by atoms with Gasteiger partial charge in [-0.1, -0.05) is 23.7 Å². The number of aromatic nitrogens is 4. The lowest BCUT2D eigenvalue weighted by Crippen LogP contribution is -2.24. The summed E-state index contributed by atoms with van der Waals surface area (Å²) >= 11 is 6.10. The molecule has 0 fully saturated rings. The minimum atomic E-state index is -0.715. The number of carbonyl (C=O) groups is 1. The van der Waals surface area contributed by atoms with Crippen LogP contribution in [0.5, 0.6) is 0 Å². The number of ether oxygens (including phenoxy) is 1. The topological polar surface area (TPSA) is 101 Å². The number of aromatic amines is 1. The van der Waals surface area contributed by atoms with E-state index in [1.807, 2.05) is 25.1 Å². The van der Waals surface area contributed by atoms with Crippen LogP contribution in [-0.2, 0) is 11.3 Å². The Hall–Kier alpha value is -2.87. The summed E-state index contributed by atoms with van der Waals surface area (Å²) in [6.45, 7) is 4.23. The van der Waals surface area contributed by atoms with E-state index in [0.717, 1.165) is 15.6 Å². The monoisotopic (exact) mass is 361 g/mol. The summed E-state index contributed by atoms with van der Waals surface area (Å²) in [5.41, 5.74) is 1.24. The van der Waals surface area contributed by atoms with E-state index < -0.39 is 11.5 Å². The van der Waals surface area contributed by atoms with Crippen LogP contribution in [0.4, 0.5) is 5.95 Å². The maximum absolute atomic E-state index is 12.3. The zero-order valence-corrected chi connectivity index (χ0v) is 14.4. The molecule has 2 aromatic heterocycles. The summed E-state index contributed by atoms with van der Waals surface area (Å²) in [6.07, 6.45) is 1.17. The molecule has 0 aliphatic carbocycles. The largest absolute Gasteiger partial charge is 0.462 e. The van der Waals surface area contributed by atoms with Gasteiger partial charge in [-0.15, -0.1) is 0 Å². The number of nitrogens with zero attached hydrogens (tertiary/aromatic N) is 3. The number of hydrogen-bond donors (Lipinski definition) is 2. The molecular weight excluding hydrogens is 346 g/mol. The van der Waals surface area contributed by atoms with E-state index in [1.54, 1.807) is 6.92 Å². The maximum Gasteiger partial charge on any atom is 0.345 e. The zero-order valence-electron chi connectivity index (χ0n) is 13.7. The predicted molar refractivity (Wildman–Crippen MR) is 93.1 cm³/mol. The van der Waals surface area contributed by atoms with Crippen molar-refractivity contribution in [1.29, 1.82) is 0 Å². The summed E-state index contributed by atoms with van der Waals surface area (Å²) in [7, 11) is 0. The Morgan fingerprint density at radius 3 is 2.96 bits per heavy atom. The van der Waals surface area contributed by atoms with Crippen molar-refractivity contribution >= 4 is 29.3 Å². The van der Waals surface area contributed by atoms with Crippen molar-refractivity contribution in [3.8, 4) is 0 Å². The summed E-state index contributed by atoms with van der Waals surface area (Å²) < 4.78 is 5.93. The molecule has 0 unspecified atom stereocenters. The summed E-state index contributed by atoms with van der Waals surface area (Å²) in [5.74, 6) is -0.211. The van der Waals surface area contributed by atoms with E-state index in [1.165, 1.54) is 6.20 Å². The highest BCUT2D eigenvalue weighted by molar-refractivity contribution is 6.31. The smallest absolute Gasteiger partial charge is 0.345 e. The van der Waals surface area contributed by atoms with Crippen molar-refractivity contribution in [3.63, 3.8) is 0 Å². The van der Waals surface area contributed by atoms with Crippen molar-refractivity contribution in [2.75, 3.05) is 11.9 Å². The van der Waals surface area contributed by atoms with Crippen LogP contribution in [0, 0.1) is 6.92 Å². The van der Waals surface area contributed by atoms with E-state index in [2.05, 4.69) is 20.4 Å². The predicted octanol–water partition coefficient (Wildman–Crippen LogP) is 2.17. The van der Waals surface area contributed by atoms with Crippen LogP contribution in [0.3, 0.4) is 0 Å². The lowest BCUT2D eigenvalue weighted by Gasteiger charge is -2.04. The Kier molecular flexibility index (Phi) is 4.71. The fourth-order valence-electron chi connectivity index (χ4n) is 2.22. The first-order chi connectivity index (χ1) is 12.0. The third kappa shape index (κ3) is 3.48. The van der Waals surface area contributed by atoms with Gasteiger partial charge in [-0.2, -0.15) is 9.50 Å². The van der Waals surface area contributed by atoms with E-state index in [0.29, 0.717) is 17.5 Å². The third-order valence-corrected chi connectivity index (χ3v) is 3.97. The third-order valence-electron chi connectivity index (χ3n) is 3.56. The molecule has 3 rings (SSSR count). The van der Waals surface area contributed by atoms with Crippen LogP contribution in [0.1, 0.15) is 28.4 Å².